The third-order valence-corrected chi connectivity index (χ3v) is 7.60. The van der Waals surface area contributed by atoms with Crippen molar-refractivity contribution in [2.75, 3.05) is 6.61 Å². The highest BCUT2D eigenvalue weighted by molar-refractivity contribution is 5.91. The Kier molecular flexibility index (Phi) is 15.0. The average Bonchev–Trinajstić information content (AvgIpc) is 3.00. The van der Waals surface area contributed by atoms with Crippen molar-refractivity contribution in [2.24, 2.45) is 5.92 Å². The summed E-state index contributed by atoms with van der Waals surface area (Å²) in [7, 11) is 0. The Morgan fingerprint density at radius 2 is 1.29 bits per heavy atom. The van der Waals surface area contributed by atoms with Gasteiger partial charge in [-0.05, 0) is 85.7 Å². The van der Waals surface area contributed by atoms with E-state index in [4.69, 9.17) is 9.47 Å². The standard InChI is InChI=1S/C36H50N2O3/c1-4-6-8-9-10-11-12-13-17-30-27-37-35(38-28-30)31-18-24-34(25-19-31)41-36(39)32-20-22-33(23-21-32)40-26-14-16-29(3)15-7-5-2/h18-25,27-29H,4-17,26H2,1-3H3/t29-/m0/s1. The molecular formula is C36H50N2O3. The molecule has 5 nitrogen and oxygen atoms in total. The molecule has 0 saturated heterocycles. The van der Waals surface area contributed by atoms with Gasteiger partial charge in [-0.1, -0.05) is 85.0 Å². The zero-order chi connectivity index (χ0) is 29.1. The molecule has 5 heteroatoms. The van der Waals surface area contributed by atoms with Gasteiger partial charge >= 0.3 is 5.97 Å². The Morgan fingerprint density at radius 1 is 0.707 bits per heavy atom. The Bertz CT molecular complexity index is 1110. The van der Waals surface area contributed by atoms with Crippen molar-refractivity contribution >= 4 is 5.97 Å². The number of aryl methyl sites for hydroxylation is 1. The molecule has 41 heavy (non-hydrogen) atoms. The summed E-state index contributed by atoms with van der Waals surface area (Å²) < 4.78 is 11.4. The number of carbonyl (C=O) groups excluding carboxylic acids is 1. The first-order chi connectivity index (χ1) is 20.1. The first kappa shape index (κ1) is 32.3. The zero-order valence-electron chi connectivity index (χ0n) is 25.6. The van der Waals surface area contributed by atoms with Crippen LogP contribution in [-0.4, -0.2) is 22.5 Å². The number of benzene rings is 2. The summed E-state index contributed by atoms with van der Waals surface area (Å²) in [5.41, 5.74) is 2.56. The van der Waals surface area contributed by atoms with Crippen LogP contribution in [0.4, 0.5) is 0 Å². The molecule has 3 rings (SSSR count). The van der Waals surface area contributed by atoms with Crippen LogP contribution in [0.5, 0.6) is 11.5 Å². The molecule has 0 unspecified atom stereocenters. The predicted molar refractivity (Wildman–Crippen MR) is 169 cm³/mol. The largest absolute Gasteiger partial charge is 0.494 e. The van der Waals surface area contributed by atoms with Gasteiger partial charge < -0.3 is 9.47 Å². The molecule has 0 spiro atoms. The summed E-state index contributed by atoms with van der Waals surface area (Å²) in [6.45, 7) is 7.50. The second kappa shape index (κ2) is 19.0. The Hall–Kier alpha value is -3.21. The maximum atomic E-state index is 12.6. The number of ether oxygens (including phenoxy) is 2. The number of aromatic nitrogens is 2. The van der Waals surface area contributed by atoms with Crippen LogP contribution in [0.2, 0.25) is 0 Å². The summed E-state index contributed by atoms with van der Waals surface area (Å²) in [4.78, 5) is 21.8. The van der Waals surface area contributed by atoms with E-state index >= 15 is 0 Å². The van der Waals surface area contributed by atoms with Crippen LogP contribution in [0.15, 0.2) is 60.9 Å². The lowest BCUT2D eigenvalue weighted by Gasteiger charge is -2.11. The van der Waals surface area contributed by atoms with E-state index in [2.05, 4.69) is 30.7 Å². The van der Waals surface area contributed by atoms with E-state index in [1.54, 1.807) is 24.3 Å². The van der Waals surface area contributed by atoms with Gasteiger partial charge in [0.15, 0.2) is 5.82 Å². The van der Waals surface area contributed by atoms with Gasteiger partial charge in [-0.15, -0.1) is 0 Å². The molecule has 0 saturated carbocycles. The molecule has 0 N–H and O–H groups in total. The minimum Gasteiger partial charge on any atom is -0.494 e. The molecule has 1 atom stereocenters. The fraction of sp³-hybridized carbons (Fsp3) is 0.528. The summed E-state index contributed by atoms with van der Waals surface area (Å²) >= 11 is 0. The van der Waals surface area contributed by atoms with E-state index in [0.29, 0.717) is 23.7 Å². The van der Waals surface area contributed by atoms with E-state index in [0.717, 1.165) is 30.1 Å². The van der Waals surface area contributed by atoms with Gasteiger partial charge in [0.2, 0.25) is 0 Å². The molecular weight excluding hydrogens is 508 g/mol. The lowest BCUT2D eigenvalue weighted by molar-refractivity contribution is 0.0734. The Morgan fingerprint density at radius 3 is 1.95 bits per heavy atom. The van der Waals surface area contributed by atoms with E-state index < -0.39 is 5.97 Å². The molecule has 0 bridgehead atoms. The highest BCUT2D eigenvalue weighted by Gasteiger charge is 2.10. The summed E-state index contributed by atoms with van der Waals surface area (Å²) in [5, 5.41) is 0. The van der Waals surface area contributed by atoms with Crippen molar-refractivity contribution in [2.45, 2.75) is 111 Å². The maximum absolute atomic E-state index is 12.6. The van der Waals surface area contributed by atoms with E-state index in [1.807, 2.05) is 36.7 Å². The molecule has 0 radical (unpaired) electrons. The van der Waals surface area contributed by atoms with Crippen LogP contribution in [0.1, 0.15) is 120 Å². The minimum absolute atomic E-state index is 0.393. The number of esters is 1. The van der Waals surface area contributed by atoms with Crippen LogP contribution in [0, 0.1) is 5.92 Å². The number of unbranched alkanes of at least 4 members (excludes halogenated alkanes) is 8. The van der Waals surface area contributed by atoms with Crippen LogP contribution in [-0.2, 0) is 6.42 Å². The van der Waals surface area contributed by atoms with Crippen LogP contribution in [0.25, 0.3) is 11.4 Å². The normalized spacial score (nSPS) is 11.8. The van der Waals surface area contributed by atoms with Crippen LogP contribution >= 0.6 is 0 Å². The quantitative estimate of drug-likeness (QED) is 0.0784. The molecule has 2 aromatic carbocycles. The molecule has 0 aliphatic carbocycles. The van der Waals surface area contributed by atoms with Crippen LogP contribution < -0.4 is 9.47 Å². The molecule has 1 aromatic heterocycles. The summed E-state index contributed by atoms with van der Waals surface area (Å²) in [6.07, 6.45) is 21.5. The number of rotatable bonds is 20. The molecule has 0 amide bonds. The molecule has 0 fully saturated rings. The number of hydrogen-bond acceptors (Lipinski definition) is 5. The van der Waals surface area contributed by atoms with Gasteiger partial charge in [-0.25, -0.2) is 14.8 Å². The highest BCUT2D eigenvalue weighted by atomic mass is 16.5. The SMILES string of the molecule is CCCCCCCCCCc1cnc(-c2ccc(OC(=O)c3ccc(OCCC[C@@H](C)CCCC)cc3)cc2)nc1. The van der Waals surface area contributed by atoms with Crippen molar-refractivity contribution in [3.63, 3.8) is 0 Å². The first-order valence-electron chi connectivity index (χ1n) is 16.0. The lowest BCUT2D eigenvalue weighted by atomic mass is 9.99. The number of hydrogen-bond donors (Lipinski definition) is 0. The van der Waals surface area contributed by atoms with Crippen LogP contribution in [0.3, 0.4) is 0 Å². The summed E-state index contributed by atoms with van der Waals surface area (Å²) in [6, 6.07) is 14.5. The summed E-state index contributed by atoms with van der Waals surface area (Å²) in [5.74, 6) is 2.29. The highest BCUT2D eigenvalue weighted by Crippen LogP contribution is 2.22. The molecule has 3 aromatic rings. The third-order valence-electron chi connectivity index (χ3n) is 7.60. The van der Waals surface area contributed by atoms with Gasteiger partial charge in [0.25, 0.3) is 0 Å². The lowest BCUT2D eigenvalue weighted by Crippen LogP contribution is -2.08. The fourth-order valence-corrected chi connectivity index (χ4v) is 4.94. The van der Waals surface area contributed by atoms with E-state index in [1.165, 1.54) is 82.6 Å². The Labute approximate surface area is 248 Å². The van der Waals surface area contributed by atoms with E-state index in [9.17, 15) is 4.79 Å². The van der Waals surface area contributed by atoms with Gasteiger partial charge in [-0.3, -0.25) is 0 Å². The van der Waals surface area contributed by atoms with Gasteiger partial charge in [0.1, 0.15) is 11.5 Å². The third kappa shape index (κ3) is 12.5. The second-order valence-electron chi connectivity index (χ2n) is 11.3. The van der Waals surface area contributed by atoms with Crippen molar-refractivity contribution in [1.29, 1.82) is 0 Å². The number of nitrogens with zero attached hydrogens (tertiary/aromatic N) is 2. The number of carbonyl (C=O) groups is 1. The van der Waals surface area contributed by atoms with Gasteiger partial charge in [0.05, 0.1) is 12.2 Å². The molecule has 0 aliphatic rings. The molecule has 222 valence electrons. The Balaban J connectivity index is 1.38. The van der Waals surface area contributed by atoms with Crippen molar-refractivity contribution in [1.82, 2.24) is 9.97 Å². The molecule has 1 heterocycles. The van der Waals surface area contributed by atoms with Crippen molar-refractivity contribution < 1.29 is 14.3 Å². The molecule has 0 aliphatic heterocycles. The van der Waals surface area contributed by atoms with Crippen molar-refractivity contribution in [3.8, 4) is 22.9 Å². The fourth-order valence-electron chi connectivity index (χ4n) is 4.94. The monoisotopic (exact) mass is 558 g/mol. The minimum atomic E-state index is -0.393. The smallest absolute Gasteiger partial charge is 0.343 e. The topological polar surface area (TPSA) is 61.3 Å². The van der Waals surface area contributed by atoms with E-state index in [-0.39, 0.29) is 0 Å². The first-order valence-corrected chi connectivity index (χ1v) is 16.0. The maximum Gasteiger partial charge on any atom is 0.343 e. The zero-order valence-corrected chi connectivity index (χ0v) is 25.6. The average molecular weight is 559 g/mol. The second-order valence-corrected chi connectivity index (χ2v) is 11.3. The van der Waals surface area contributed by atoms with Gasteiger partial charge in [0, 0.05) is 18.0 Å². The van der Waals surface area contributed by atoms with Crippen molar-refractivity contribution in [3.05, 3.63) is 72.1 Å². The predicted octanol–water partition coefficient (Wildman–Crippen LogP) is 10.0. The van der Waals surface area contributed by atoms with Gasteiger partial charge in [-0.2, -0.15) is 0 Å².